The van der Waals surface area contributed by atoms with Crippen molar-refractivity contribution in [1.82, 2.24) is 14.9 Å². The van der Waals surface area contributed by atoms with Gasteiger partial charge in [0, 0.05) is 6.54 Å². The molecule has 2 aromatic carbocycles. The van der Waals surface area contributed by atoms with Gasteiger partial charge in [0.1, 0.15) is 12.4 Å². The predicted octanol–water partition coefficient (Wildman–Crippen LogP) is 12.9. The number of fused-ring (bicyclic) bond motifs is 7. The maximum absolute atomic E-state index is 15.7. The average Bonchev–Trinajstić information content (AvgIpc) is 4.07. The molecule has 1 amide bonds. The molecule has 0 radical (unpaired) electrons. The Morgan fingerprint density at radius 1 is 0.803 bits per heavy atom. The summed E-state index contributed by atoms with van der Waals surface area (Å²) in [6.45, 7) is 24.6. The van der Waals surface area contributed by atoms with Crippen molar-refractivity contribution in [2.45, 2.75) is 152 Å². The molecule has 1 aromatic heterocycles. The first-order chi connectivity index (χ1) is 31.3. The third-order valence-corrected chi connectivity index (χ3v) is 22.1. The van der Waals surface area contributed by atoms with Gasteiger partial charge in [0.15, 0.2) is 0 Å². The molecule has 1 aliphatic heterocycles. The van der Waals surface area contributed by atoms with E-state index in [1.807, 2.05) is 56.4 Å². The third-order valence-electron chi connectivity index (χ3n) is 22.1. The number of hydrogen-bond acceptors (Lipinski definition) is 5. The number of benzene rings is 2. The van der Waals surface area contributed by atoms with Gasteiger partial charge >= 0.3 is 11.9 Å². The molecule has 6 aliphatic carbocycles. The van der Waals surface area contributed by atoms with Crippen LogP contribution < -0.4 is 0 Å². The molecular formula is C58H77N3O5. The lowest BCUT2D eigenvalue weighted by Gasteiger charge is -2.74. The molecule has 0 spiro atoms. The molecule has 66 heavy (non-hydrogen) atoms. The SMILES string of the molecule is C=C(C)C1CC[C@]2(C(=O)N3CCC[C@H]3c3ncc(-c4ccccc4)[nH]3)CC[C@]3(C)[C@H](CC[C@@H]4[C@]5(C)CC[C@H]([C@]6(C(=O)O)C[C@H](C(=O)OCc7ccccc7)C6(C)C)C(C)(C)[C@H]5CC[C@]43C)[C@@H]12. The number of likely N-dealkylation sites (tertiary alicyclic amines) is 1. The van der Waals surface area contributed by atoms with Crippen LogP contribution in [0, 0.1) is 79.3 Å². The van der Waals surface area contributed by atoms with Gasteiger partial charge in [-0.15, -0.1) is 0 Å². The maximum atomic E-state index is 15.7. The Morgan fingerprint density at radius 3 is 2.18 bits per heavy atom. The molecule has 1 saturated heterocycles. The molecule has 6 saturated carbocycles. The zero-order chi connectivity index (χ0) is 46.8. The summed E-state index contributed by atoms with van der Waals surface area (Å²) in [6, 6.07) is 20.1. The summed E-state index contributed by atoms with van der Waals surface area (Å²) < 4.78 is 5.87. The minimum atomic E-state index is -1.01. The highest BCUT2D eigenvalue weighted by molar-refractivity contribution is 5.85. The molecule has 7 aliphatic rings. The van der Waals surface area contributed by atoms with E-state index >= 15 is 4.79 Å². The van der Waals surface area contributed by atoms with Gasteiger partial charge in [-0.2, -0.15) is 0 Å². The van der Waals surface area contributed by atoms with Crippen molar-refractivity contribution in [3.63, 3.8) is 0 Å². The van der Waals surface area contributed by atoms with Crippen molar-refractivity contribution in [2.24, 2.45) is 79.3 Å². The number of amides is 1. The molecule has 2 N–H and O–H groups in total. The van der Waals surface area contributed by atoms with Crippen LogP contribution in [0.2, 0.25) is 0 Å². The number of H-pyrrole nitrogens is 1. The number of ether oxygens (including phenoxy) is 1. The van der Waals surface area contributed by atoms with E-state index in [1.165, 1.54) is 5.57 Å². The largest absolute Gasteiger partial charge is 0.481 e. The quantitative estimate of drug-likeness (QED) is 0.163. The van der Waals surface area contributed by atoms with Gasteiger partial charge in [-0.1, -0.05) is 121 Å². The number of carboxylic acids is 1. The highest BCUT2D eigenvalue weighted by Gasteiger charge is 2.77. The number of carboxylic acid groups (broad SMARTS) is 1. The molecule has 8 nitrogen and oxygen atoms in total. The van der Waals surface area contributed by atoms with E-state index < -0.39 is 22.7 Å². The Hall–Kier alpha value is -4.20. The van der Waals surface area contributed by atoms with E-state index in [0.717, 1.165) is 106 Å². The second-order valence-corrected chi connectivity index (χ2v) is 24.8. The summed E-state index contributed by atoms with van der Waals surface area (Å²) in [6.07, 6.45) is 14.5. The van der Waals surface area contributed by atoms with E-state index in [4.69, 9.17) is 9.72 Å². The smallest absolute Gasteiger partial charge is 0.310 e. The third kappa shape index (κ3) is 6.19. The number of imidazole rings is 1. The number of allylic oxidation sites excluding steroid dienone is 1. The second kappa shape index (κ2) is 15.7. The summed E-state index contributed by atoms with van der Waals surface area (Å²) in [5.74, 6) is 1.68. The van der Waals surface area contributed by atoms with E-state index in [2.05, 4.69) is 82.3 Å². The monoisotopic (exact) mass is 896 g/mol. The lowest BCUT2D eigenvalue weighted by molar-refractivity contribution is -0.269. The number of carbonyl (C=O) groups excluding carboxylic acids is 2. The van der Waals surface area contributed by atoms with Crippen molar-refractivity contribution in [2.75, 3.05) is 6.54 Å². The average molecular weight is 896 g/mol. The first-order valence-corrected chi connectivity index (χ1v) is 25.8. The number of hydrogen-bond donors (Lipinski definition) is 2. The summed E-state index contributed by atoms with van der Waals surface area (Å²) >= 11 is 0. The highest BCUT2D eigenvalue weighted by Crippen LogP contribution is 2.80. The van der Waals surface area contributed by atoms with Crippen LogP contribution in [-0.2, 0) is 25.7 Å². The summed E-state index contributed by atoms with van der Waals surface area (Å²) in [4.78, 5) is 54.0. The lowest BCUT2D eigenvalue weighted by atomic mass is 9.29. The van der Waals surface area contributed by atoms with Gasteiger partial charge in [0.05, 0.1) is 34.7 Å². The molecule has 8 heteroatoms. The second-order valence-electron chi connectivity index (χ2n) is 24.8. The van der Waals surface area contributed by atoms with Crippen LogP contribution in [-0.4, -0.2) is 44.4 Å². The van der Waals surface area contributed by atoms with Crippen molar-refractivity contribution >= 4 is 17.8 Å². The Bertz CT molecular complexity index is 2390. The van der Waals surface area contributed by atoms with Crippen molar-refractivity contribution in [3.8, 4) is 11.3 Å². The van der Waals surface area contributed by atoms with Gasteiger partial charge in [-0.3, -0.25) is 14.4 Å². The Labute approximate surface area is 394 Å². The van der Waals surface area contributed by atoms with E-state index in [9.17, 15) is 14.7 Å². The number of nitrogens with one attached hydrogen (secondary N) is 1. The fourth-order valence-electron chi connectivity index (χ4n) is 18.6. The Kier molecular flexibility index (Phi) is 10.8. The number of carbonyl (C=O) groups is 3. The van der Waals surface area contributed by atoms with Gasteiger partial charge in [0.25, 0.3) is 0 Å². The fraction of sp³-hybridized carbons (Fsp3) is 0.655. The zero-order valence-corrected chi connectivity index (χ0v) is 41.3. The topological polar surface area (TPSA) is 113 Å². The van der Waals surface area contributed by atoms with Crippen LogP contribution in [0.3, 0.4) is 0 Å². The van der Waals surface area contributed by atoms with E-state index in [1.54, 1.807) is 0 Å². The molecular weight excluding hydrogens is 819 g/mol. The minimum Gasteiger partial charge on any atom is -0.481 e. The molecule has 3 aromatic rings. The zero-order valence-electron chi connectivity index (χ0n) is 41.3. The molecule has 1 unspecified atom stereocenters. The Morgan fingerprint density at radius 2 is 1.50 bits per heavy atom. The first kappa shape index (κ1) is 45.6. The van der Waals surface area contributed by atoms with Crippen LogP contribution in [0.25, 0.3) is 11.3 Å². The van der Waals surface area contributed by atoms with Crippen LogP contribution in [0.5, 0.6) is 0 Å². The molecule has 354 valence electrons. The number of aromatic amines is 1. The van der Waals surface area contributed by atoms with Crippen LogP contribution >= 0.6 is 0 Å². The number of esters is 1. The van der Waals surface area contributed by atoms with Gasteiger partial charge in [-0.25, -0.2) is 4.98 Å². The van der Waals surface area contributed by atoms with Crippen LogP contribution in [0.15, 0.2) is 79.0 Å². The van der Waals surface area contributed by atoms with E-state index in [0.29, 0.717) is 36.0 Å². The van der Waals surface area contributed by atoms with Crippen LogP contribution in [0.4, 0.5) is 0 Å². The molecule has 2 heterocycles. The first-order valence-electron chi connectivity index (χ1n) is 25.8. The van der Waals surface area contributed by atoms with Crippen molar-refractivity contribution in [3.05, 3.63) is 90.4 Å². The number of rotatable bonds is 9. The predicted molar refractivity (Wildman–Crippen MR) is 258 cm³/mol. The number of aromatic nitrogens is 2. The molecule has 7 fully saturated rings. The van der Waals surface area contributed by atoms with E-state index in [-0.39, 0.29) is 57.5 Å². The van der Waals surface area contributed by atoms with Crippen molar-refractivity contribution < 1.29 is 24.2 Å². The summed E-state index contributed by atoms with van der Waals surface area (Å²) in [5, 5.41) is 11.4. The maximum Gasteiger partial charge on any atom is 0.310 e. The summed E-state index contributed by atoms with van der Waals surface area (Å²) in [5.41, 5.74) is 2.13. The fourth-order valence-corrected chi connectivity index (χ4v) is 18.6. The van der Waals surface area contributed by atoms with Crippen LogP contribution in [0.1, 0.15) is 156 Å². The molecule has 10 rings (SSSR count). The lowest BCUT2D eigenvalue weighted by Crippen LogP contribution is -2.71. The normalized spacial score (nSPS) is 40.8. The summed E-state index contributed by atoms with van der Waals surface area (Å²) in [7, 11) is 0. The van der Waals surface area contributed by atoms with Gasteiger partial charge in [-0.05, 0) is 164 Å². The highest BCUT2D eigenvalue weighted by atomic mass is 16.5. The standard InChI is InChI=1S/C58H77N3O5/c1-36(2)39-24-29-57(50(63)61-32-16-21-43(61)48-59-34-42(60-48)38-19-14-11-15-20-38)31-30-55(8)40(47(39)57)22-23-46-54(7)27-25-45(52(3,4)44(54)26-28-56(46,55)9)58(51(64)65)33-41(53(58,5)6)49(62)66-35-37-17-12-10-13-18-37/h10-15,17-20,34,39-41,43-47H,1,16,21-33,35H2,2-9H3,(H,59,60)(H,64,65)/t39?,40-,41-,43+,44-,45+,46-,47-,54-,55-,56-,57+,58+/m1/s1. The number of aliphatic carboxylic acids is 1. The molecule has 0 bridgehead atoms. The minimum absolute atomic E-state index is 0.0331. The Balaban J connectivity index is 0.908. The number of nitrogens with zero attached hydrogens (tertiary/aromatic N) is 2. The van der Waals surface area contributed by atoms with Gasteiger partial charge < -0.3 is 19.7 Å². The van der Waals surface area contributed by atoms with Crippen molar-refractivity contribution in [1.29, 1.82) is 0 Å². The molecule has 13 atom stereocenters. The van der Waals surface area contributed by atoms with Gasteiger partial charge in [0.2, 0.25) is 5.91 Å².